The van der Waals surface area contributed by atoms with Gasteiger partial charge >= 0.3 is 0 Å². The molecule has 0 saturated heterocycles. The number of nitrogens with two attached hydrogens (primary N) is 1. The Morgan fingerprint density at radius 3 is 2.68 bits per heavy atom. The van der Waals surface area contributed by atoms with E-state index in [-0.39, 0.29) is 17.6 Å². The van der Waals surface area contributed by atoms with Crippen LogP contribution in [0.4, 0.5) is 11.1 Å². The van der Waals surface area contributed by atoms with Gasteiger partial charge in [0.2, 0.25) is 16.2 Å². The first-order valence-corrected chi connectivity index (χ1v) is 13.3. The number of aromatic nitrogens is 5. The number of nitrogens with one attached hydrogen (secondary N) is 2. The average molecular weight is 577 g/mol. The summed E-state index contributed by atoms with van der Waals surface area (Å²) in [5, 5.41) is 23.7. The van der Waals surface area contributed by atoms with Gasteiger partial charge in [0.25, 0.3) is 5.95 Å². The van der Waals surface area contributed by atoms with Gasteiger partial charge < -0.3 is 5.84 Å². The third kappa shape index (κ3) is 7.03. The Labute approximate surface area is 215 Å². The second kappa shape index (κ2) is 12.0. The molecule has 0 aliphatic heterocycles. The highest BCUT2D eigenvalue weighted by atomic mass is 79.9. The molecule has 0 spiro atoms. The van der Waals surface area contributed by atoms with Gasteiger partial charge in [-0.25, -0.2) is 10.1 Å². The van der Waals surface area contributed by atoms with Crippen LogP contribution in [-0.4, -0.2) is 42.9 Å². The number of hydrogen-bond donors (Lipinski definition) is 3. The second-order valence-electron chi connectivity index (χ2n) is 6.58. The van der Waals surface area contributed by atoms with Gasteiger partial charge in [-0.15, -0.1) is 20.4 Å². The van der Waals surface area contributed by atoms with Gasteiger partial charge in [-0.2, -0.15) is 5.10 Å². The number of anilines is 2. The highest BCUT2D eigenvalue weighted by Gasteiger charge is 2.14. The van der Waals surface area contributed by atoms with E-state index in [2.05, 4.69) is 64.3 Å². The van der Waals surface area contributed by atoms with E-state index < -0.39 is 0 Å². The van der Waals surface area contributed by atoms with Crippen molar-refractivity contribution in [2.24, 2.45) is 5.10 Å². The highest BCUT2D eigenvalue weighted by molar-refractivity contribution is 9.10. The Morgan fingerprint density at radius 2 is 1.88 bits per heavy atom. The van der Waals surface area contributed by atoms with Gasteiger partial charge in [-0.1, -0.05) is 93.3 Å². The quantitative estimate of drug-likeness (QED) is 0.0839. The first-order chi connectivity index (χ1) is 16.6. The summed E-state index contributed by atoms with van der Waals surface area (Å²) in [6, 6.07) is 17.7. The fourth-order valence-corrected chi connectivity index (χ4v) is 5.13. The number of rotatable bonds is 10. The lowest BCUT2D eigenvalue weighted by molar-refractivity contribution is -0.113. The first-order valence-electron chi connectivity index (χ1n) is 9.75. The van der Waals surface area contributed by atoms with Gasteiger partial charge in [0.05, 0.1) is 12.0 Å². The fourth-order valence-electron chi connectivity index (χ4n) is 2.49. The van der Waals surface area contributed by atoms with Crippen molar-refractivity contribution < 1.29 is 4.79 Å². The zero-order valence-electron chi connectivity index (χ0n) is 17.5. The molecule has 0 atom stereocenters. The molecule has 174 valence electrons. The fraction of sp³-hybridized carbons (Fsp3) is 0.100. The predicted molar refractivity (Wildman–Crippen MR) is 141 cm³/mol. The van der Waals surface area contributed by atoms with Crippen LogP contribution in [0.2, 0.25) is 0 Å². The molecule has 10 nitrogen and oxygen atoms in total. The Hall–Kier alpha value is -2.94. The summed E-state index contributed by atoms with van der Waals surface area (Å²) in [5.74, 6) is 6.88. The summed E-state index contributed by atoms with van der Waals surface area (Å²) < 4.78 is 3.01. The molecule has 0 aliphatic rings. The van der Waals surface area contributed by atoms with E-state index in [1.54, 1.807) is 18.0 Å². The minimum atomic E-state index is -0.244. The van der Waals surface area contributed by atoms with Crippen LogP contribution < -0.4 is 16.6 Å². The molecular weight excluding hydrogens is 558 g/mol. The van der Waals surface area contributed by atoms with Crippen LogP contribution in [0.25, 0.3) is 0 Å². The van der Waals surface area contributed by atoms with Crippen LogP contribution in [0.1, 0.15) is 11.1 Å². The number of nitrogen functional groups attached to an aromatic ring is 1. The Bertz CT molecular complexity index is 1260. The molecule has 34 heavy (non-hydrogen) atoms. The lowest BCUT2D eigenvalue weighted by Crippen LogP contribution is -2.16. The van der Waals surface area contributed by atoms with Crippen molar-refractivity contribution in [1.29, 1.82) is 0 Å². The van der Waals surface area contributed by atoms with Crippen LogP contribution in [0.3, 0.4) is 0 Å². The average Bonchev–Trinajstić information content (AvgIpc) is 3.44. The van der Waals surface area contributed by atoms with Crippen molar-refractivity contribution in [3.05, 3.63) is 70.2 Å². The molecule has 0 fully saturated rings. The number of hydrazone groups is 1. The lowest BCUT2D eigenvalue weighted by atomic mass is 10.2. The summed E-state index contributed by atoms with van der Waals surface area (Å²) in [4.78, 5) is 12.3. The maximum Gasteiger partial charge on any atom is 0.264 e. The molecule has 0 radical (unpaired) electrons. The maximum atomic E-state index is 12.3. The van der Waals surface area contributed by atoms with Gasteiger partial charge in [-0.3, -0.25) is 10.1 Å². The highest BCUT2D eigenvalue weighted by Crippen LogP contribution is 2.28. The Balaban J connectivity index is 1.23. The molecule has 14 heteroatoms. The third-order valence-corrected chi connectivity index (χ3v) is 7.62. The van der Waals surface area contributed by atoms with Crippen molar-refractivity contribution >= 4 is 74.0 Å². The minimum absolute atomic E-state index is 0.0869. The molecule has 0 unspecified atom stereocenters. The molecule has 0 saturated carbocycles. The normalized spacial score (nSPS) is 11.1. The van der Waals surface area contributed by atoms with Gasteiger partial charge in [0.1, 0.15) is 0 Å². The third-order valence-electron chi connectivity index (χ3n) is 4.10. The zero-order valence-corrected chi connectivity index (χ0v) is 21.5. The number of hydrogen-bond acceptors (Lipinski definition) is 11. The van der Waals surface area contributed by atoms with Crippen LogP contribution in [-0.2, 0) is 10.5 Å². The van der Waals surface area contributed by atoms with E-state index in [0.717, 1.165) is 31.9 Å². The molecule has 2 aromatic heterocycles. The Morgan fingerprint density at radius 1 is 1.09 bits per heavy atom. The van der Waals surface area contributed by atoms with Crippen molar-refractivity contribution in [3.63, 3.8) is 0 Å². The van der Waals surface area contributed by atoms with E-state index in [9.17, 15) is 4.79 Å². The van der Waals surface area contributed by atoms with Gasteiger partial charge in [-0.05, 0) is 23.3 Å². The summed E-state index contributed by atoms with van der Waals surface area (Å²) in [7, 11) is 0. The molecule has 2 heterocycles. The summed E-state index contributed by atoms with van der Waals surface area (Å²) >= 11 is 7.43. The van der Waals surface area contributed by atoms with Crippen molar-refractivity contribution in [2.45, 2.75) is 15.2 Å². The molecule has 4 rings (SSSR count). The first kappa shape index (κ1) is 24.2. The molecule has 0 aliphatic carbocycles. The predicted octanol–water partition coefficient (Wildman–Crippen LogP) is 4.08. The SMILES string of the molecule is Nn1c(N/N=C/c2ccc(Br)cc2)nnc1SCC(=O)Nc1nnc(SCc2ccccc2)s1. The smallest absolute Gasteiger partial charge is 0.264 e. The molecule has 0 bridgehead atoms. The number of thioether (sulfide) groups is 2. The van der Waals surface area contributed by atoms with Crippen molar-refractivity contribution in [3.8, 4) is 0 Å². The standard InChI is InChI=1S/C20H18BrN9OS3/c21-15-8-6-13(7-9-15)10-23-25-17-26-28-19(30(17)22)32-12-16(31)24-18-27-29-20(34-18)33-11-14-4-2-1-3-5-14/h1-10H,11-12,22H2,(H,25,26)(H,24,27,31)/b23-10+. The number of benzene rings is 2. The van der Waals surface area contributed by atoms with Crippen molar-refractivity contribution in [1.82, 2.24) is 25.1 Å². The monoisotopic (exact) mass is 575 g/mol. The lowest BCUT2D eigenvalue weighted by Gasteiger charge is -2.03. The van der Waals surface area contributed by atoms with E-state index >= 15 is 0 Å². The van der Waals surface area contributed by atoms with Gasteiger partial charge in [0.15, 0.2) is 4.34 Å². The van der Waals surface area contributed by atoms with E-state index in [4.69, 9.17) is 5.84 Å². The maximum absolute atomic E-state index is 12.3. The Kier molecular flexibility index (Phi) is 8.51. The van der Waals surface area contributed by atoms with Gasteiger partial charge in [0, 0.05) is 10.2 Å². The summed E-state index contributed by atoms with van der Waals surface area (Å²) in [6.45, 7) is 0. The molecule has 4 N–H and O–H groups in total. The van der Waals surface area contributed by atoms with E-state index in [0.29, 0.717) is 10.3 Å². The van der Waals surface area contributed by atoms with Crippen molar-refractivity contribution in [2.75, 3.05) is 22.3 Å². The largest absolute Gasteiger partial charge is 0.334 e. The van der Waals surface area contributed by atoms with Crippen LogP contribution in [0.15, 0.2) is 73.7 Å². The van der Waals surface area contributed by atoms with E-state index in [1.807, 2.05) is 42.5 Å². The summed E-state index contributed by atoms with van der Waals surface area (Å²) in [5.41, 5.74) is 4.84. The number of amides is 1. The number of carbonyl (C=O) groups excluding carboxylic acids is 1. The molecule has 2 aromatic carbocycles. The van der Waals surface area contributed by atoms with Crippen LogP contribution >= 0.6 is 50.8 Å². The molecular formula is C20H18BrN9OS3. The number of halogens is 1. The summed E-state index contributed by atoms with van der Waals surface area (Å²) in [6.07, 6.45) is 1.63. The van der Waals surface area contributed by atoms with Crippen LogP contribution in [0.5, 0.6) is 0 Å². The number of nitrogens with zero attached hydrogens (tertiary/aromatic N) is 6. The zero-order chi connectivity index (χ0) is 23.8. The molecule has 1 amide bonds. The number of carbonyl (C=O) groups is 1. The second-order valence-corrected chi connectivity index (χ2v) is 10.6. The van der Waals surface area contributed by atoms with E-state index in [1.165, 1.54) is 21.6 Å². The minimum Gasteiger partial charge on any atom is -0.334 e. The topological polar surface area (TPSA) is 136 Å². The molecule has 4 aromatic rings. The van der Waals surface area contributed by atoms with Crippen LogP contribution in [0, 0.1) is 0 Å².